The number of para-hydroxylation sites is 1. The Hall–Kier alpha value is -2.47. The van der Waals surface area contributed by atoms with Gasteiger partial charge < -0.3 is 0 Å². The zero-order valence-corrected chi connectivity index (χ0v) is 11.5. The Bertz CT molecular complexity index is 825. The molecule has 1 heterocycles. The highest BCUT2D eigenvalue weighted by Gasteiger charge is 2.11. The molecule has 0 N–H and O–H groups in total. The molecule has 7 heteroatoms. The average molecular weight is 305 g/mol. The van der Waals surface area contributed by atoms with Crippen LogP contribution < -0.4 is 5.69 Å². The van der Waals surface area contributed by atoms with E-state index in [2.05, 4.69) is 10.4 Å². The van der Waals surface area contributed by atoms with Crippen LogP contribution in [0, 0.1) is 5.82 Å². The van der Waals surface area contributed by atoms with E-state index in [0.717, 1.165) is 10.2 Å². The lowest BCUT2D eigenvalue weighted by Crippen LogP contribution is -2.24. The Labute approximate surface area is 124 Å². The SMILES string of the molecule is O=c1n(Cc2ccc(F)cc2)nnn1-c1ccccc1Cl. The molecular weight excluding hydrogens is 295 g/mol. The largest absolute Gasteiger partial charge is 0.368 e. The fourth-order valence-corrected chi connectivity index (χ4v) is 2.13. The fourth-order valence-electron chi connectivity index (χ4n) is 1.91. The number of nitrogens with zero attached hydrogens (tertiary/aromatic N) is 4. The lowest BCUT2D eigenvalue weighted by molar-refractivity contribution is 0.616. The number of benzene rings is 2. The summed E-state index contributed by atoms with van der Waals surface area (Å²) in [6.45, 7) is 0.212. The number of tetrazole rings is 1. The van der Waals surface area contributed by atoms with E-state index in [4.69, 9.17) is 11.6 Å². The molecule has 0 aliphatic heterocycles. The first-order valence-corrected chi connectivity index (χ1v) is 6.55. The van der Waals surface area contributed by atoms with Gasteiger partial charge in [0.15, 0.2) is 0 Å². The second-order valence-electron chi connectivity index (χ2n) is 4.41. The van der Waals surface area contributed by atoms with Gasteiger partial charge in [0.2, 0.25) is 0 Å². The Morgan fingerprint density at radius 3 is 2.48 bits per heavy atom. The molecule has 5 nitrogen and oxygen atoms in total. The summed E-state index contributed by atoms with van der Waals surface area (Å²) < 4.78 is 15.2. The summed E-state index contributed by atoms with van der Waals surface area (Å²) in [4.78, 5) is 12.3. The van der Waals surface area contributed by atoms with Crippen molar-refractivity contribution in [2.24, 2.45) is 0 Å². The maximum atomic E-state index is 12.9. The maximum absolute atomic E-state index is 12.9. The molecule has 0 unspecified atom stereocenters. The first-order valence-electron chi connectivity index (χ1n) is 6.17. The molecule has 0 amide bonds. The Balaban J connectivity index is 1.95. The van der Waals surface area contributed by atoms with Crippen LogP contribution in [0.15, 0.2) is 53.3 Å². The molecule has 3 aromatic rings. The van der Waals surface area contributed by atoms with E-state index >= 15 is 0 Å². The summed E-state index contributed by atoms with van der Waals surface area (Å²) in [5.74, 6) is -0.328. The van der Waals surface area contributed by atoms with Gasteiger partial charge in [0.05, 0.1) is 17.3 Å². The zero-order chi connectivity index (χ0) is 14.8. The van der Waals surface area contributed by atoms with Crippen LogP contribution in [0.1, 0.15) is 5.56 Å². The van der Waals surface area contributed by atoms with E-state index in [-0.39, 0.29) is 12.4 Å². The molecule has 106 valence electrons. The van der Waals surface area contributed by atoms with Crippen molar-refractivity contribution in [1.82, 2.24) is 19.8 Å². The molecule has 3 rings (SSSR count). The normalized spacial score (nSPS) is 10.8. The number of rotatable bonds is 3. The average Bonchev–Trinajstić information content (AvgIpc) is 2.83. The van der Waals surface area contributed by atoms with Crippen LogP contribution >= 0.6 is 11.6 Å². The van der Waals surface area contributed by atoms with Gasteiger partial charge in [-0.1, -0.05) is 35.9 Å². The van der Waals surface area contributed by atoms with Crippen molar-refractivity contribution < 1.29 is 4.39 Å². The van der Waals surface area contributed by atoms with E-state index in [1.165, 1.54) is 16.8 Å². The first kappa shape index (κ1) is 13.5. The van der Waals surface area contributed by atoms with Crippen molar-refractivity contribution in [3.05, 3.63) is 75.4 Å². The van der Waals surface area contributed by atoms with Gasteiger partial charge in [0.25, 0.3) is 0 Å². The molecule has 0 aliphatic carbocycles. The van der Waals surface area contributed by atoms with Gasteiger partial charge in [-0.2, -0.15) is 9.36 Å². The topological polar surface area (TPSA) is 52.7 Å². The molecule has 0 spiro atoms. The Kier molecular flexibility index (Phi) is 3.53. The van der Waals surface area contributed by atoms with Gasteiger partial charge in [0, 0.05) is 0 Å². The van der Waals surface area contributed by atoms with Crippen LogP contribution in [0.4, 0.5) is 4.39 Å². The van der Waals surface area contributed by atoms with Gasteiger partial charge in [-0.15, -0.1) is 0 Å². The summed E-state index contributed by atoms with van der Waals surface area (Å²) in [6.07, 6.45) is 0. The highest BCUT2D eigenvalue weighted by atomic mass is 35.5. The zero-order valence-electron chi connectivity index (χ0n) is 10.8. The second-order valence-corrected chi connectivity index (χ2v) is 4.82. The third-order valence-corrected chi connectivity index (χ3v) is 3.29. The monoisotopic (exact) mass is 304 g/mol. The minimum absolute atomic E-state index is 0.212. The minimum atomic E-state index is -0.410. The van der Waals surface area contributed by atoms with Crippen LogP contribution in [0.25, 0.3) is 5.69 Å². The molecule has 21 heavy (non-hydrogen) atoms. The van der Waals surface area contributed by atoms with Crippen LogP contribution in [0.3, 0.4) is 0 Å². The molecule has 1 aromatic heterocycles. The number of hydrogen-bond donors (Lipinski definition) is 0. The van der Waals surface area contributed by atoms with Crippen LogP contribution in [0.2, 0.25) is 5.02 Å². The molecule has 0 aliphatic rings. The van der Waals surface area contributed by atoms with Gasteiger partial charge in [0.1, 0.15) is 5.82 Å². The van der Waals surface area contributed by atoms with Crippen molar-refractivity contribution in [3.8, 4) is 5.69 Å². The van der Waals surface area contributed by atoms with E-state index < -0.39 is 5.69 Å². The number of hydrogen-bond acceptors (Lipinski definition) is 3. The molecular formula is C14H10ClFN4O. The van der Waals surface area contributed by atoms with Crippen molar-refractivity contribution in [2.45, 2.75) is 6.54 Å². The van der Waals surface area contributed by atoms with E-state index in [9.17, 15) is 9.18 Å². The van der Waals surface area contributed by atoms with Crippen LogP contribution in [-0.4, -0.2) is 19.8 Å². The van der Waals surface area contributed by atoms with Crippen molar-refractivity contribution in [3.63, 3.8) is 0 Å². The molecule has 0 fully saturated rings. The quantitative estimate of drug-likeness (QED) is 0.746. The third kappa shape index (κ3) is 2.71. The van der Waals surface area contributed by atoms with E-state index in [1.807, 2.05) is 0 Å². The lowest BCUT2D eigenvalue weighted by atomic mass is 10.2. The summed E-state index contributed by atoms with van der Waals surface area (Å²) in [5.41, 5.74) is 0.812. The van der Waals surface area contributed by atoms with Gasteiger partial charge >= 0.3 is 5.69 Å². The smallest absolute Gasteiger partial charge is 0.244 e. The number of aromatic nitrogens is 4. The van der Waals surface area contributed by atoms with E-state index in [1.54, 1.807) is 36.4 Å². The summed E-state index contributed by atoms with van der Waals surface area (Å²) in [7, 11) is 0. The van der Waals surface area contributed by atoms with Crippen molar-refractivity contribution in [2.75, 3.05) is 0 Å². The van der Waals surface area contributed by atoms with Crippen LogP contribution in [0.5, 0.6) is 0 Å². The standard InChI is InChI=1S/C14H10ClFN4O/c15-12-3-1-2-4-13(12)20-14(21)19(17-18-20)9-10-5-7-11(16)8-6-10/h1-8H,9H2. The minimum Gasteiger partial charge on any atom is -0.244 e. The summed E-state index contributed by atoms with van der Waals surface area (Å²) >= 11 is 6.04. The van der Waals surface area contributed by atoms with E-state index in [0.29, 0.717) is 10.7 Å². The second kappa shape index (κ2) is 5.49. The Morgan fingerprint density at radius 1 is 1.05 bits per heavy atom. The lowest BCUT2D eigenvalue weighted by Gasteiger charge is -2.01. The molecule has 0 atom stereocenters. The molecule has 0 saturated carbocycles. The molecule has 0 radical (unpaired) electrons. The predicted octanol–water partition coefficient (Wildman–Crippen LogP) is 2.27. The van der Waals surface area contributed by atoms with Gasteiger partial charge in [-0.25, -0.2) is 9.18 Å². The molecule has 0 saturated heterocycles. The highest BCUT2D eigenvalue weighted by molar-refractivity contribution is 6.32. The van der Waals surface area contributed by atoms with Crippen molar-refractivity contribution >= 4 is 11.6 Å². The molecule has 0 bridgehead atoms. The predicted molar refractivity (Wildman–Crippen MR) is 76.1 cm³/mol. The number of halogens is 2. The Morgan fingerprint density at radius 2 is 1.76 bits per heavy atom. The highest BCUT2D eigenvalue weighted by Crippen LogP contribution is 2.16. The maximum Gasteiger partial charge on any atom is 0.368 e. The van der Waals surface area contributed by atoms with Gasteiger partial charge in [-0.3, -0.25) is 0 Å². The van der Waals surface area contributed by atoms with Crippen LogP contribution in [-0.2, 0) is 6.54 Å². The van der Waals surface area contributed by atoms with Crippen molar-refractivity contribution in [1.29, 1.82) is 0 Å². The third-order valence-electron chi connectivity index (χ3n) is 2.97. The molecule has 2 aromatic carbocycles. The van der Waals surface area contributed by atoms with Gasteiger partial charge in [-0.05, 0) is 40.3 Å². The summed E-state index contributed by atoms with van der Waals surface area (Å²) in [6, 6.07) is 12.7. The summed E-state index contributed by atoms with van der Waals surface area (Å²) in [5, 5.41) is 8.05. The fraction of sp³-hybridized carbons (Fsp3) is 0.0714. The first-order chi connectivity index (χ1) is 10.1.